The van der Waals surface area contributed by atoms with Gasteiger partial charge in [0.1, 0.15) is 0 Å². The molecule has 0 aliphatic carbocycles. The summed E-state index contributed by atoms with van der Waals surface area (Å²) in [5, 5.41) is 3.42. The van der Waals surface area contributed by atoms with E-state index in [1.54, 1.807) is 0 Å². The molecule has 0 rings (SSSR count). The van der Waals surface area contributed by atoms with Crippen molar-refractivity contribution in [3.8, 4) is 0 Å². The third kappa shape index (κ3) is 8.88. The van der Waals surface area contributed by atoms with Crippen LogP contribution in [0.15, 0.2) is 0 Å². The van der Waals surface area contributed by atoms with Crippen LogP contribution >= 0.6 is 0 Å². The molecule has 0 bridgehead atoms. The van der Waals surface area contributed by atoms with Crippen LogP contribution in [-0.4, -0.2) is 25.3 Å². The van der Waals surface area contributed by atoms with Crippen molar-refractivity contribution in [1.82, 2.24) is 5.32 Å². The summed E-state index contributed by atoms with van der Waals surface area (Å²) in [4.78, 5) is 0. The lowest BCUT2D eigenvalue weighted by Gasteiger charge is -2.23. The van der Waals surface area contributed by atoms with Gasteiger partial charge in [-0.15, -0.1) is 0 Å². The predicted molar refractivity (Wildman–Crippen MR) is 67.2 cm³/mol. The molecule has 0 fully saturated rings. The summed E-state index contributed by atoms with van der Waals surface area (Å²) >= 11 is 0. The summed E-state index contributed by atoms with van der Waals surface area (Å²) in [6.45, 7) is 13.1. The molecule has 0 aliphatic heterocycles. The minimum absolute atomic E-state index is 0.380. The Hall–Kier alpha value is -0.0800. The zero-order valence-electron chi connectivity index (χ0n) is 11.2. The smallest absolute Gasteiger partial charge is 0.0700 e. The third-order valence-corrected chi connectivity index (χ3v) is 2.48. The van der Waals surface area contributed by atoms with Crippen molar-refractivity contribution >= 4 is 0 Å². The SMILES string of the molecule is CCCNCC(CC)OC(C)CC(C)C. The number of nitrogens with one attached hydrogen (secondary N) is 1. The zero-order valence-corrected chi connectivity index (χ0v) is 11.2. The van der Waals surface area contributed by atoms with Gasteiger partial charge in [-0.05, 0) is 38.6 Å². The van der Waals surface area contributed by atoms with Gasteiger partial charge in [0, 0.05) is 6.54 Å². The molecule has 92 valence electrons. The molecule has 0 spiro atoms. The molecule has 0 saturated carbocycles. The summed E-state index contributed by atoms with van der Waals surface area (Å²) in [6, 6.07) is 0. The van der Waals surface area contributed by atoms with Crippen LogP contribution in [0.25, 0.3) is 0 Å². The van der Waals surface area contributed by atoms with E-state index in [4.69, 9.17) is 4.74 Å². The van der Waals surface area contributed by atoms with Crippen LogP contribution in [0.1, 0.15) is 53.9 Å². The minimum Gasteiger partial charge on any atom is -0.374 e. The second kappa shape index (κ2) is 9.17. The fraction of sp³-hybridized carbons (Fsp3) is 1.00. The van der Waals surface area contributed by atoms with E-state index < -0.39 is 0 Å². The van der Waals surface area contributed by atoms with Crippen LogP contribution in [0, 0.1) is 5.92 Å². The average molecular weight is 215 g/mol. The third-order valence-electron chi connectivity index (χ3n) is 2.48. The van der Waals surface area contributed by atoms with Gasteiger partial charge in [0.15, 0.2) is 0 Å². The highest BCUT2D eigenvalue weighted by Gasteiger charge is 2.12. The van der Waals surface area contributed by atoms with Crippen molar-refractivity contribution in [2.24, 2.45) is 5.92 Å². The van der Waals surface area contributed by atoms with Crippen LogP contribution in [0.3, 0.4) is 0 Å². The van der Waals surface area contributed by atoms with E-state index in [9.17, 15) is 0 Å². The van der Waals surface area contributed by atoms with Crippen molar-refractivity contribution in [1.29, 1.82) is 0 Å². The lowest BCUT2D eigenvalue weighted by molar-refractivity contribution is -0.0125. The van der Waals surface area contributed by atoms with E-state index in [0.717, 1.165) is 31.8 Å². The van der Waals surface area contributed by atoms with E-state index in [-0.39, 0.29) is 0 Å². The number of hydrogen-bond acceptors (Lipinski definition) is 2. The Kier molecular flexibility index (Phi) is 9.12. The van der Waals surface area contributed by atoms with E-state index in [0.29, 0.717) is 12.2 Å². The van der Waals surface area contributed by atoms with Crippen molar-refractivity contribution in [3.63, 3.8) is 0 Å². The van der Waals surface area contributed by atoms with E-state index in [1.165, 1.54) is 6.42 Å². The first-order valence-electron chi connectivity index (χ1n) is 6.46. The summed E-state index contributed by atoms with van der Waals surface area (Å²) in [6.07, 6.45) is 4.21. The highest BCUT2D eigenvalue weighted by Crippen LogP contribution is 2.11. The van der Waals surface area contributed by atoms with Gasteiger partial charge in [0.05, 0.1) is 12.2 Å². The van der Waals surface area contributed by atoms with Gasteiger partial charge in [0.25, 0.3) is 0 Å². The fourth-order valence-corrected chi connectivity index (χ4v) is 1.78. The van der Waals surface area contributed by atoms with Gasteiger partial charge in [-0.25, -0.2) is 0 Å². The molecule has 1 N–H and O–H groups in total. The molecular formula is C13H29NO. The first-order valence-corrected chi connectivity index (χ1v) is 6.46. The Morgan fingerprint density at radius 2 is 1.80 bits per heavy atom. The van der Waals surface area contributed by atoms with Gasteiger partial charge in [0.2, 0.25) is 0 Å². The average Bonchev–Trinajstić information content (AvgIpc) is 2.15. The topological polar surface area (TPSA) is 21.3 Å². The number of hydrogen-bond donors (Lipinski definition) is 1. The lowest BCUT2D eigenvalue weighted by Crippen LogP contribution is -2.32. The van der Waals surface area contributed by atoms with E-state index >= 15 is 0 Å². The molecule has 0 aromatic rings. The predicted octanol–water partition coefficient (Wildman–Crippen LogP) is 3.22. The number of ether oxygens (including phenoxy) is 1. The van der Waals surface area contributed by atoms with Gasteiger partial charge >= 0.3 is 0 Å². The molecule has 0 heterocycles. The lowest BCUT2D eigenvalue weighted by atomic mass is 10.1. The molecule has 2 atom stereocenters. The van der Waals surface area contributed by atoms with Crippen molar-refractivity contribution in [3.05, 3.63) is 0 Å². The second-order valence-corrected chi connectivity index (χ2v) is 4.81. The van der Waals surface area contributed by atoms with Gasteiger partial charge in [-0.3, -0.25) is 0 Å². The summed E-state index contributed by atoms with van der Waals surface area (Å²) in [5.74, 6) is 0.723. The van der Waals surface area contributed by atoms with Crippen molar-refractivity contribution in [2.45, 2.75) is 66.1 Å². The molecule has 0 radical (unpaired) electrons. The molecule has 0 aromatic heterocycles. The first-order chi connectivity index (χ1) is 7.10. The molecule has 2 nitrogen and oxygen atoms in total. The van der Waals surface area contributed by atoms with Gasteiger partial charge < -0.3 is 10.1 Å². The molecule has 0 aromatic carbocycles. The monoisotopic (exact) mass is 215 g/mol. The van der Waals surface area contributed by atoms with Crippen molar-refractivity contribution < 1.29 is 4.74 Å². The Balaban J connectivity index is 3.67. The first kappa shape index (κ1) is 14.9. The maximum atomic E-state index is 5.99. The normalized spacial score (nSPS) is 15.6. The zero-order chi connectivity index (χ0) is 11.7. The summed E-state index contributed by atoms with van der Waals surface area (Å²) in [5.41, 5.74) is 0. The Bertz CT molecular complexity index is 136. The maximum absolute atomic E-state index is 5.99. The Morgan fingerprint density at radius 3 is 2.27 bits per heavy atom. The molecule has 2 unspecified atom stereocenters. The second-order valence-electron chi connectivity index (χ2n) is 4.81. The van der Waals surface area contributed by atoms with Crippen LogP contribution in [0.5, 0.6) is 0 Å². The number of rotatable bonds is 9. The standard InChI is InChI=1S/C13H29NO/c1-6-8-14-10-13(7-2)15-12(5)9-11(3)4/h11-14H,6-10H2,1-5H3. The van der Waals surface area contributed by atoms with E-state index in [2.05, 4.69) is 39.9 Å². The van der Waals surface area contributed by atoms with Crippen LogP contribution < -0.4 is 5.32 Å². The van der Waals surface area contributed by atoms with Crippen LogP contribution in [-0.2, 0) is 4.74 Å². The van der Waals surface area contributed by atoms with E-state index in [1.807, 2.05) is 0 Å². The Labute approximate surface area is 95.8 Å². The molecule has 2 heteroatoms. The quantitative estimate of drug-likeness (QED) is 0.596. The summed E-state index contributed by atoms with van der Waals surface area (Å²) in [7, 11) is 0. The van der Waals surface area contributed by atoms with Gasteiger partial charge in [-0.1, -0.05) is 27.7 Å². The summed E-state index contributed by atoms with van der Waals surface area (Å²) < 4.78 is 5.99. The van der Waals surface area contributed by atoms with Crippen molar-refractivity contribution in [2.75, 3.05) is 13.1 Å². The molecule has 15 heavy (non-hydrogen) atoms. The van der Waals surface area contributed by atoms with Gasteiger partial charge in [-0.2, -0.15) is 0 Å². The molecule has 0 amide bonds. The molecule has 0 saturated heterocycles. The highest BCUT2D eigenvalue weighted by atomic mass is 16.5. The minimum atomic E-state index is 0.380. The van der Waals surface area contributed by atoms with Crippen LogP contribution in [0.2, 0.25) is 0 Å². The maximum Gasteiger partial charge on any atom is 0.0700 e. The largest absolute Gasteiger partial charge is 0.374 e. The molecule has 0 aliphatic rings. The Morgan fingerprint density at radius 1 is 1.13 bits per heavy atom. The van der Waals surface area contributed by atoms with Crippen LogP contribution in [0.4, 0.5) is 0 Å². The fourth-order valence-electron chi connectivity index (χ4n) is 1.78. The highest BCUT2D eigenvalue weighted by molar-refractivity contribution is 4.63. The molecular weight excluding hydrogens is 186 g/mol.